The molecule has 0 bridgehead atoms. The molecule has 0 spiro atoms. The summed E-state index contributed by atoms with van der Waals surface area (Å²) in [6.07, 6.45) is 0. The third-order valence-corrected chi connectivity index (χ3v) is 2.14. The molecule has 0 radical (unpaired) electrons. The van der Waals surface area contributed by atoms with Gasteiger partial charge in [-0.3, -0.25) is 4.57 Å². The number of nitrogens with zero attached hydrogens (tertiary/aromatic N) is 1. The number of imidazole rings is 1. The summed E-state index contributed by atoms with van der Waals surface area (Å²) >= 11 is 0. The van der Waals surface area contributed by atoms with Gasteiger partial charge >= 0.3 is 5.69 Å². The molecule has 0 saturated heterocycles. The van der Waals surface area contributed by atoms with Crippen LogP contribution in [0.5, 0.6) is 5.75 Å². The lowest BCUT2D eigenvalue weighted by atomic mass is 10.3. The van der Waals surface area contributed by atoms with E-state index in [9.17, 15) is 9.90 Å². The van der Waals surface area contributed by atoms with E-state index >= 15 is 0 Å². The van der Waals surface area contributed by atoms with Crippen molar-refractivity contribution >= 4 is 11.0 Å². The lowest BCUT2D eigenvalue weighted by Crippen LogP contribution is -2.21. The monoisotopic (exact) mass is 193 g/mol. The molecular weight excluding hydrogens is 182 g/mol. The lowest BCUT2D eigenvalue weighted by molar-refractivity contribution is 0.480. The molecule has 0 aliphatic carbocycles. The number of fused-ring (bicyclic) bond motifs is 1. The van der Waals surface area contributed by atoms with Gasteiger partial charge in [-0.15, -0.1) is 0 Å². The Labute approximate surface area is 79.8 Å². The summed E-state index contributed by atoms with van der Waals surface area (Å²) in [4.78, 5) is 14.0. The maximum Gasteiger partial charge on any atom is 0.326 e. The molecule has 0 amide bonds. The summed E-state index contributed by atoms with van der Waals surface area (Å²) in [5.41, 5.74) is 6.28. The van der Waals surface area contributed by atoms with Gasteiger partial charge in [-0.25, -0.2) is 4.79 Å². The van der Waals surface area contributed by atoms with Crippen LogP contribution < -0.4 is 11.4 Å². The first-order valence-corrected chi connectivity index (χ1v) is 4.34. The van der Waals surface area contributed by atoms with Crippen molar-refractivity contribution in [2.24, 2.45) is 5.73 Å². The summed E-state index contributed by atoms with van der Waals surface area (Å²) in [5, 5.41) is 9.46. The third kappa shape index (κ3) is 1.18. The molecule has 0 saturated carbocycles. The Morgan fingerprint density at radius 2 is 2.29 bits per heavy atom. The van der Waals surface area contributed by atoms with Gasteiger partial charge in [0.1, 0.15) is 11.3 Å². The first kappa shape index (κ1) is 8.83. The quantitative estimate of drug-likeness (QED) is 0.627. The summed E-state index contributed by atoms with van der Waals surface area (Å²) < 4.78 is 1.51. The van der Waals surface area contributed by atoms with Crippen molar-refractivity contribution in [1.29, 1.82) is 0 Å². The number of aromatic amines is 1. The van der Waals surface area contributed by atoms with Crippen LogP contribution in [-0.4, -0.2) is 21.2 Å². The van der Waals surface area contributed by atoms with Gasteiger partial charge in [0.15, 0.2) is 0 Å². The second-order valence-corrected chi connectivity index (χ2v) is 3.04. The lowest BCUT2D eigenvalue weighted by Gasteiger charge is -1.99. The molecular formula is C9H11N3O2. The number of para-hydroxylation sites is 1. The van der Waals surface area contributed by atoms with E-state index < -0.39 is 0 Å². The number of nitrogens with two attached hydrogens (primary N) is 1. The highest BCUT2D eigenvalue weighted by atomic mass is 16.3. The fourth-order valence-corrected chi connectivity index (χ4v) is 1.52. The van der Waals surface area contributed by atoms with E-state index in [1.54, 1.807) is 12.1 Å². The highest BCUT2D eigenvalue weighted by Crippen LogP contribution is 2.20. The number of hydrogen-bond acceptors (Lipinski definition) is 3. The summed E-state index contributed by atoms with van der Waals surface area (Å²) in [7, 11) is 0. The van der Waals surface area contributed by atoms with Crippen molar-refractivity contribution < 1.29 is 5.11 Å². The molecule has 0 atom stereocenters. The Hall–Kier alpha value is -1.75. The molecule has 1 aromatic heterocycles. The highest BCUT2D eigenvalue weighted by Gasteiger charge is 2.07. The SMILES string of the molecule is NCCn1c(=O)[nH]c2c(O)cccc21. The number of nitrogens with one attached hydrogen (secondary N) is 1. The Bertz CT molecular complexity index is 512. The second kappa shape index (κ2) is 3.19. The Balaban J connectivity index is 2.77. The normalized spacial score (nSPS) is 10.9. The van der Waals surface area contributed by atoms with E-state index in [1.165, 1.54) is 10.6 Å². The predicted molar refractivity (Wildman–Crippen MR) is 53.3 cm³/mol. The fourth-order valence-electron chi connectivity index (χ4n) is 1.52. The van der Waals surface area contributed by atoms with Crippen molar-refractivity contribution in [2.75, 3.05) is 6.54 Å². The molecule has 1 heterocycles. The zero-order valence-corrected chi connectivity index (χ0v) is 7.53. The number of phenolic OH excluding ortho intramolecular Hbond substituents is 1. The number of benzene rings is 1. The van der Waals surface area contributed by atoms with Gasteiger partial charge < -0.3 is 15.8 Å². The van der Waals surface area contributed by atoms with Crippen LogP contribution in [0.15, 0.2) is 23.0 Å². The van der Waals surface area contributed by atoms with E-state index in [1.807, 2.05) is 0 Å². The van der Waals surface area contributed by atoms with Crippen LogP contribution in [0, 0.1) is 0 Å². The van der Waals surface area contributed by atoms with Crippen LogP contribution in [0.2, 0.25) is 0 Å². The first-order valence-electron chi connectivity index (χ1n) is 4.34. The van der Waals surface area contributed by atoms with Crippen LogP contribution >= 0.6 is 0 Å². The van der Waals surface area contributed by atoms with Crippen molar-refractivity contribution in [1.82, 2.24) is 9.55 Å². The predicted octanol–water partition coefficient (Wildman–Crippen LogP) is -0.00610. The standard InChI is InChI=1S/C9H11N3O2/c10-4-5-12-6-2-1-3-7(13)8(6)11-9(12)14/h1-3,13H,4-5,10H2,(H,11,14). The van der Waals surface area contributed by atoms with E-state index in [-0.39, 0.29) is 11.4 Å². The van der Waals surface area contributed by atoms with Crippen LogP contribution in [0.3, 0.4) is 0 Å². The number of aromatic nitrogens is 2. The average molecular weight is 193 g/mol. The molecule has 0 unspecified atom stereocenters. The molecule has 74 valence electrons. The Kier molecular flexibility index (Phi) is 2.01. The Morgan fingerprint density at radius 3 is 3.00 bits per heavy atom. The van der Waals surface area contributed by atoms with Crippen molar-refractivity contribution in [3.63, 3.8) is 0 Å². The number of rotatable bonds is 2. The summed E-state index contributed by atoms with van der Waals surface area (Å²) in [6.45, 7) is 0.838. The molecule has 5 heteroatoms. The van der Waals surface area contributed by atoms with E-state index in [0.717, 1.165) is 0 Å². The molecule has 2 aromatic rings. The maximum atomic E-state index is 11.4. The maximum absolute atomic E-state index is 11.4. The van der Waals surface area contributed by atoms with Crippen LogP contribution in [0.4, 0.5) is 0 Å². The number of H-pyrrole nitrogens is 1. The number of hydrogen-bond donors (Lipinski definition) is 3. The molecule has 0 fully saturated rings. The van der Waals surface area contributed by atoms with E-state index in [0.29, 0.717) is 24.1 Å². The minimum Gasteiger partial charge on any atom is -0.506 e. The molecule has 0 aliphatic rings. The molecule has 1 aromatic carbocycles. The smallest absolute Gasteiger partial charge is 0.326 e. The van der Waals surface area contributed by atoms with Gasteiger partial charge in [0.05, 0.1) is 5.52 Å². The van der Waals surface area contributed by atoms with Crippen LogP contribution in [0.1, 0.15) is 0 Å². The summed E-state index contributed by atoms with van der Waals surface area (Å²) in [6, 6.07) is 4.99. The first-order chi connectivity index (χ1) is 6.74. The van der Waals surface area contributed by atoms with Gasteiger partial charge in [-0.2, -0.15) is 0 Å². The third-order valence-electron chi connectivity index (χ3n) is 2.14. The minimum atomic E-state index is -0.244. The van der Waals surface area contributed by atoms with Crippen molar-refractivity contribution in [3.8, 4) is 5.75 Å². The van der Waals surface area contributed by atoms with Gasteiger partial charge in [0, 0.05) is 13.1 Å². The van der Waals surface area contributed by atoms with Gasteiger partial charge in [0.25, 0.3) is 0 Å². The van der Waals surface area contributed by atoms with Crippen LogP contribution in [0.25, 0.3) is 11.0 Å². The Morgan fingerprint density at radius 1 is 1.50 bits per heavy atom. The molecule has 5 nitrogen and oxygen atoms in total. The summed E-state index contributed by atoms with van der Waals surface area (Å²) in [5.74, 6) is 0.0790. The minimum absolute atomic E-state index is 0.0790. The topological polar surface area (TPSA) is 84.0 Å². The van der Waals surface area contributed by atoms with Gasteiger partial charge in [0.2, 0.25) is 0 Å². The van der Waals surface area contributed by atoms with Gasteiger partial charge in [-0.1, -0.05) is 6.07 Å². The molecule has 4 N–H and O–H groups in total. The molecule has 0 aliphatic heterocycles. The zero-order chi connectivity index (χ0) is 10.1. The zero-order valence-electron chi connectivity index (χ0n) is 7.53. The van der Waals surface area contributed by atoms with Crippen LogP contribution in [-0.2, 0) is 6.54 Å². The average Bonchev–Trinajstić information content (AvgIpc) is 2.47. The van der Waals surface area contributed by atoms with E-state index in [2.05, 4.69) is 4.98 Å². The highest BCUT2D eigenvalue weighted by molar-refractivity contribution is 5.81. The number of phenols is 1. The van der Waals surface area contributed by atoms with E-state index in [4.69, 9.17) is 5.73 Å². The van der Waals surface area contributed by atoms with Gasteiger partial charge in [-0.05, 0) is 12.1 Å². The number of aromatic hydroxyl groups is 1. The van der Waals surface area contributed by atoms with Crippen molar-refractivity contribution in [3.05, 3.63) is 28.7 Å². The molecule has 14 heavy (non-hydrogen) atoms. The van der Waals surface area contributed by atoms with Crippen molar-refractivity contribution in [2.45, 2.75) is 6.54 Å². The fraction of sp³-hybridized carbons (Fsp3) is 0.222. The second-order valence-electron chi connectivity index (χ2n) is 3.04. The molecule has 2 rings (SSSR count). The largest absolute Gasteiger partial charge is 0.506 e.